The summed E-state index contributed by atoms with van der Waals surface area (Å²) in [5, 5.41) is 0.592. The largest absolute Gasteiger partial charge is 0.573 e. The average Bonchev–Trinajstić information content (AvgIpc) is 2.81. The Hall–Kier alpha value is -2.16. The molecule has 0 bridgehead atoms. The molecule has 1 heterocycles. The molecule has 9 heteroatoms. The van der Waals surface area contributed by atoms with Gasteiger partial charge in [-0.1, -0.05) is 52.4 Å². The van der Waals surface area contributed by atoms with Gasteiger partial charge in [-0.25, -0.2) is 4.79 Å². The van der Waals surface area contributed by atoms with Gasteiger partial charge in [-0.15, -0.1) is 24.9 Å². The number of carbonyl (C=O) groups excluding carboxylic acids is 1. The number of fused-ring (bicyclic) bond motifs is 1. The minimum absolute atomic E-state index is 0.0753. The zero-order valence-electron chi connectivity index (χ0n) is 23.0. The van der Waals surface area contributed by atoms with E-state index in [1.165, 1.54) is 30.0 Å². The molecule has 0 radical (unpaired) electrons. The van der Waals surface area contributed by atoms with Crippen molar-refractivity contribution in [3.63, 3.8) is 0 Å². The SMILES string of the molecule is CC(C)CCC(C)(C)C(=O)OCCCCCCCCCCSc1cc(=O)oc2cc(OC(F)(F)F)ccc12. The number of hydrogen-bond acceptors (Lipinski definition) is 6. The highest BCUT2D eigenvalue weighted by atomic mass is 32.2. The molecule has 0 atom stereocenters. The highest BCUT2D eigenvalue weighted by molar-refractivity contribution is 7.99. The van der Waals surface area contributed by atoms with Crippen molar-refractivity contribution in [1.29, 1.82) is 0 Å². The van der Waals surface area contributed by atoms with Gasteiger partial charge in [0.15, 0.2) is 0 Å². The third kappa shape index (κ3) is 12.1. The molecule has 5 nitrogen and oxygen atoms in total. The molecule has 0 aliphatic heterocycles. The van der Waals surface area contributed by atoms with Crippen LogP contribution >= 0.6 is 11.8 Å². The summed E-state index contributed by atoms with van der Waals surface area (Å²) in [6, 6.07) is 5.17. The molecular weight excluding hydrogens is 517 g/mol. The molecule has 0 aliphatic rings. The van der Waals surface area contributed by atoms with Gasteiger partial charge in [-0.05, 0) is 63.3 Å². The lowest BCUT2D eigenvalue weighted by Gasteiger charge is -2.23. The Bertz CT molecular complexity index is 1060. The van der Waals surface area contributed by atoms with Crippen molar-refractivity contribution < 1.29 is 31.9 Å². The number of carbonyl (C=O) groups is 1. The summed E-state index contributed by atoms with van der Waals surface area (Å²) in [6.45, 7) is 8.73. The molecule has 1 aromatic carbocycles. The Labute approximate surface area is 227 Å². The zero-order valence-corrected chi connectivity index (χ0v) is 23.8. The van der Waals surface area contributed by atoms with Crippen LogP contribution in [0.3, 0.4) is 0 Å². The number of benzene rings is 1. The van der Waals surface area contributed by atoms with Crippen LogP contribution in [0.15, 0.2) is 38.4 Å². The lowest BCUT2D eigenvalue weighted by molar-refractivity contribution is -0.274. The van der Waals surface area contributed by atoms with Crippen molar-refractivity contribution in [2.24, 2.45) is 11.3 Å². The molecule has 0 spiro atoms. The fraction of sp³-hybridized carbons (Fsp3) is 0.655. The van der Waals surface area contributed by atoms with E-state index in [0.29, 0.717) is 22.8 Å². The van der Waals surface area contributed by atoms with Gasteiger partial charge in [0.1, 0.15) is 11.3 Å². The molecule has 0 saturated carbocycles. The van der Waals surface area contributed by atoms with Crippen molar-refractivity contribution in [3.8, 4) is 5.75 Å². The van der Waals surface area contributed by atoms with Crippen LogP contribution in [0.25, 0.3) is 11.0 Å². The zero-order chi connectivity index (χ0) is 28.2. The summed E-state index contributed by atoms with van der Waals surface area (Å²) in [6.07, 6.45) is 5.58. The summed E-state index contributed by atoms with van der Waals surface area (Å²) in [5.41, 5.74) is -0.946. The van der Waals surface area contributed by atoms with Crippen LogP contribution in [0, 0.1) is 11.3 Å². The van der Waals surface area contributed by atoms with E-state index >= 15 is 0 Å². The third-order valence-electron chi connectivity index (χ3n) is 6.34. The van der Waals surface area contributed by atoms with E-state index in [-0.39, 0.29) is 11.6 Å². The fourth-order valence-corrected chi connectivity index (χ4v) is 5.06. The number of rotatable bonds is 17. The highest BCUT2D eigenvalue weighted by Crippen LogP contribution is 2.32. The Morgan fingerprint density at radius 1 is 0.974 bits per heavy atom. The Kier molecular flexibility index (Phi) is 13.0. The number of ether oxygens (including phenoxy) is 2. The smallest absolute Gasteiger partial charge is 0.465 e. The first kappa shape index (κ1) is 32.1. The van der Waals surface area contributed by atoms with Crippen molar-refractivity contribution >= 4 is 28.7 Å². The first-order valence-corrected chi connectivity index (χ1v) is 14.5. The third-order valence-corrected chi connectivity index (χ3v) is 7.48. The first-order valence-electron chi connectivity index (χ1n) is 13.5. The van der Waals surface area contributed by atoms with E-state index in [2.05, 4.69) is 18.6 Å². The minimum atomic E-state index is -4.81. The van der Waals surface area contributed by atoms with Crippen LogP contribution in [-0.2, 0) is 9.53 Å². The van der Waals surface area contributed by atoms with Crippen molar-refractivity contribution in [1.82, 2.24) is 0 Å². The number of esters is 1. The molecular formula is C29H41F3O5S. The monoisotopic (exact) mass is 558 g/mol. The first-order chi connectivity index (χ1) is 17.9. The van der Waals surface area contributed by atoms with Gasteiger partial charge in [0.05, 0.1) is 12.0 Å². The normalized spacial score (nSPS) is 12.3. The van der Waals surface area contributed by atoms with Crippen LogP contribution in [0.1, 0.15) is 91.9 Å². The molecule has 1 aromatic heterocycles. The van der Waals surface area contributed by atoms with Gasteiger partial charge < -0.3 is 13.9 Å². The standard InChI is InChI=1S/C29H41F3O5S/c1-21(2)15-16-28(3,4)27(34)35-17-11-9-7-5-6-8-10-12-18-38-25-20-26(33)36-24-19-22(13-14-23(24)25)37-29(30,31)32/h13-14,19-21H,5-12,15-18H2,1-4H3. The van der Waals surface area contributed by atoms with E-state index in [9.17, 15) is 22.8 Å². The van der Waals surface area contributed by atoms with Crippen LogP contribution in [0.2, 0.25) is 0 Å². The predicted molar refractivity (Wildman–Crippen MR) is 146 cm³/mol. The quantitative estimate of drug-likeness (QED) is 0.0836. The molecule has 2 aromatic rings. The van der Waals surface area contributed by atoms with Crippen LogP contribution in [-0.4, -0.2) is 24.7 Å². The Morgan fingerprint density at radius 3 is 2.24 bits per heavy atom. The second-order valence-corrected chi connectivity index (χ2v) is 11.9. The van der Waals surface area contributed by atoms with Gasteiger partial charge in [0.25, 0.3) is 0 Å². The molecule has 2 rings (SSSR count). The molecule has 0 fully saturated rings. The molecule has 0 amide bonds. The van der Waals surface area contributed by atoms with E-state index < -0.39 is 23.2 Å². The second-order valence-electron chi connectivity index (χ2n) is 10.8. The fourth-order valence-electron chi connectivity index (χ4n) is 3.99. The maximum Gasteiger partial charge on any atom is 0.573 e. The lowest BCUT2D eigenvalue weighted by Crippen LogP contribution is -2.27. The van der Waals surface area contributed by atoms with Crippen LogP contribution in [0.5, 0.6) is 5.75 Å². The van der Waals surface area contributed by atoms with Crippen molar-refractivity contribution in [3.05, 3.63) is 34.7 Å². The topological polar surface area (TPSA) is 65.7 Å². The average molecular weight is 559 g/mol. The molecule has 38 heavy (non-hydrogen) atoms. The molecule has 214 valence electrons. The highest BCUT2D eigenvalue weighted by Gasteiger charge is 2.31. The summed E-state index contributed by atoms with van der Waals surface area (Å²) < 4.78 is 51.8. The predicted octanol–water partition coefficient (Wildman–Crippen LogP) is 8.91. The molecule has 0 unspecified atom stereocenters. The van der Waals surface area contributed by atoms with E-state index in [4.69, 9.17) is 9.15 Å². The summed E-state index contributed by atoms with van der Waals surface area (Å²) >= 11 is 1.50. The maximum absolute atomic E-state index is 12.5. The van der Waals surface area contributed by atoms with E-state index in [1.54, 1.807) is 0 Å². The number of halogens is 3. The van der Waals surface area contributed by atoms with E-state index in [0.717, 1.165) is 76.0 Å². The summed E-state index contributed by atoms with van der Waals surface area (Å²) in [5.74, 6) is 0.867. The van der Waals surface area contributed by atoms with Gasteiger partial charge in [0.2, 0.25) is 0 Å². The number of unbranched alkanes of at least 4 members (excludes halogenated alkanes) is 7. The number of hydrogen-bond donors (Lipinski definition) is 0. The van der Waals surface area contributed by atoms with E-state index in [1.807, 2.05) is 13.8 Å². The van der Waals surface area contributed by atoms with Gasteiger partial charge in [0, 0.05) is 22.4 Å². The minimum Gasteiger partial charge on any atom is -0.465 e. The van der Waals surface area contributed by atoms with Crippen LogP contribution in [0.4, 0.5) is 13.2 Å². The van der Waals surface area contributed by atoms with Gasteiger partial charge in [-0.3, -0.25) is 4.79 Å². The maximum atomic E-state index is 12.5. The number of alkyl halides is 3. The lowest BCUT2D eigenvalue weighted by atomic mass is 9.85. The molecule has 0 N–H and O–H groups in total. The summed E-state index contributed by atoms with van der Waals surface area (Å²) in [4.78, 5) is 24.8. The van der Waals surface area contributed by atoms with Gasteiger partial charge in [-0.2, -0.15) is 0 Å². The van der Waals surface area contributed by atoms with Crippen LogP contribution < -0.4 is 10.4 Å². The Morgan fingerprint density at radius 2 is 1.61 bits per heavy atom. The van der Waals surface area contributed by atoms with Crippen molar-refractivity contribution in [2.45, 2.75) is 103 Å². The molecule has 0 aliphatic carbocycles. The second kappa shape index (κ2) is 15.4. The van der Waals surface area contributed by atoms with Crippen molar-refractivity contribution in [2.75, 3.05) is 12.4 Å². The summed E-state index contributed by atoms with van der Waals surface area (Å²) in [7, 11) is 0. The number of thioether (sulfide) groups is 1. The Balaban J connectivity index is 1.58. The molecule has 0 saturated heterocycles. The van der Waals surface area contributed by atoms with Gasteiger partial charge >= 0.3 is 18.0 Å².